The average molecular weight is 422 g/mol. The van der Waals surface area contributed by atoms with Crippen molar-refractivity contribution in [2.75, 3.05) is 16.8 Å². The monoisotopic (exact) mass is 422 g/mol. The van der Waals surface area contributed by atoms with Crippen molar-refractivity contribution in [2.45, 2.75) is 32.1 Å². The summed E-state index contributed by atoms with van der Waals surface area (Å²) >= 11 is 0. The molecule has 1 aliphatic carbocycles. The molecule has 6 nitrogen and oxygen atoms in total. The number of halogens is 2. The summed E-state index contributed by atoms with van der Waals surface area (Å²) in [6.45, 7) is 0.706. The van der Waals surface area contributed by atoms with Gasteiger partial charge >= 0.3 is 0 Å². The number of fused-ring (bicyclic) bond motifs is 1. The number of carbonyl (C=O) groups excluding carboxylic acids is 2. The van der Waals surface area contributed by atoms with Gasteiger partial charge < -0.3 is 10.2 Å². The average Bonchev–Trinajstić information content (AvgIpc) is 3.47. The molecular formula is C23H20F2N4O2. The molecule has 8 heteroatoms. The molecule has 0 saturated carbocycles. The van der Waals surface area contributed by atoms with Crippen molar-refractivity contribution in [3.8, 4) is 5.69 Å². The molecule has 2 aromatic carbocycles. The SMILES string of the molecule is O=C(Nc1ccc(N2CCCC2=O)cc1)c1nn(-c2ccc(F)c(F)c2)c2c1CCC2. The number of anilines is 2. The number of aromatic nitrogens is 2. The third-order valence-corrected chi connectivity index (χ3v) is 5.80. The van der Waals surface area contributed by atoms with Gasteiger partial charge in [0.1, 0.15) is 0 Å². The van der Waals surface area contributed by atoms with Crippen molar-refractivity contribution in [2.24, 2.45) is 0 Å². The van der Waals surface area contributed by atoms with E-state index < -0.39 is 11.6 Å². The molecule has 31 heavy (non-hydrogen) atoms. The van der Waals surface area contributed by atoms with E-state index >= 15 is 0 Å². The Labute approximate surface area is 177 Å². The molecule has 1 fully saturated rings. The van der Waals surface area contributed by atoms with Crippen LogP contribution in [0.25, 0.3) is 5.69 Å². The molecule has 0 atom stereocenters. The number of benzene rings is 2. The fourth-order valence-corrected chi connectivity index (χ4v) is 4.29. The first-order valence-corrected chi connectivity index (χ1v) is 10.3. The van der Waals surface area contributed by atoms with Gasteiger partial charge in [-0.1, -0.05) is 0 Å². The van der Waals surface area contributed by atoms with Crippen molar-refractivity contribution >= 4 is 23.2 Å². The minimum absolute atomic E-state index is 0.107. The summed E-state index contributed by atoms with van der Waals surface area (Å²) in [6.07, 6.45) is 3.70. The van der Waals surface area contributed by atoms with Gasteiger partial charge in [0, 0.05) is 41.7 Å². The maximum absolute atomic E-state index is 13.7. The van der Waals surface area contributed by atoms with Crippen LogP contribution in [-0.2, 0) is 17.6 Å². The van der Waals surface area contributed by atoms with E-state index in [4.69, 9.17) is 0 Å². The lowest BCUT2D eigenvalue weighted by molar-refractivity contribution is -0.117. The molecule has 3 aromatic rings. The van der Waals surface area contributed by atoms with Gasteiger partial charge in [-0.3, -0.25) is 9.59 Å². The number of hydrogen-bond acceptors (Lipinski definition) is 3. The topological polar surface area (TPSA) is 67.2 Å². The Morgan fingerprint density at radius 3 is 2.42 bits per heavy atom. The van der Waals surface area contributed by atoms with Crippen molar-refractivity contribution < 1.29 is 18.4 Å². The Hall–Kier alpha value is -3.55. The van der Waals surface area contributed by atoms with Gasteiger partial charge in [-0.05, 0) is 62.1 Å². The number of rotatable bonds is 4. The molecule has 2 aliphatic rings. The molecule has 0 unspecified atom stereocenters. The number of amides is 2. The van der Waals surface area contributed by atoms with Crippen LogP contribution in [-0.4, -0.2) is 28.1 Å². The summed E-state index contributed by atoms with van der Waals surface area (Å²) in [5.41, 5.74) is 3.76. The summed E-state index contributed by atoms with van der Waals surface area (Å²) in [5, 5.41) is 7.27. The molecule has 2 amide bonds. The maximum Gasteiger partial charge on any atom is 0.276 e. The Balaban J connectivity index is 1.40. The van der Waals surface area contributed by atoms with Crippen LogP contribution in [0.5, 0.6) is 0 Å². The third kappa shape index (κ3) is 3.48. The van der Waals surface area contributed by atoms with E-state index in [9.17, 15) is 18.4 Å². The van der Waals surface area contributed by atoms with Gasteiger partial charge in [0.25, 0.3) is 5.91 Å². The first kappa shape index (κ1) is 19.4. The Bertz CT molecular complexity index is 1190. The molecule has 158 valence electrons. The highest BCUT2D eigenvalue weighted by Gasteiger charge is 2.27. The highest BCUT2D eigenvalue weighted by atomic mass is 19.2. The zero-order valence-electron chi connectivity index (χ0n) is 16.7. The van der Waals surface area contributed by atoms with E-state index in [2.05, 4.69) is 10.4 Å². The van der Waals surface area contributed by atoms with Crippen LogP contribution in [0.3, 0.4) is 0 Å². The number of nitrogens with one attached hydrogen (secondary N) is 1. The number of nitrogens with zero attached hydrogens (tertiary/aromatic N) is 3. The van der Waals surface area contributed by atoms with E-state index in [0.29, 0.717) is 37.2 Å². The van der Waals surface area contributed by atoms with Gasteiger partial charge in [-0.15, -0.1) is 0 Å². The van der Waals surface area contributed by atoms with Gasteiger partial charge in [-0.25, -0.2) is 13.5 Å². The van der Waals surface area contributed by atoms with E-state index in [-0.39, 0.29) is 17.5 Å². The van der Waals surface area contributed by atoms with Crippen molar-refractivity contribution in [1.82, 2.24) is 9.78 Å². The van der Waals surface area contributed by atoms with Crippen LogP contribution in [0.4, 0.5) is 20.2 Å². The Morgan fingerprint density at radius 2 is 1.71 bits per heavy atom. The summed E-state index contributed by atoms with van der Waals surface area (Å²) in [7, 11) is 0. The second-order valence-electron chi connectivity index (χ2n) is 7.79. The standard InChI is InChI=1S/C23H20F2N4O2/c24-18-11-10-16(13-19(18)25)29-20-4-1-3-17(20)22(27-29)23(31)26-14-6-8-15(9-7-14)28-12-2-5-21(28)30/h6-11,13H,1-5,12H2,(H,26,31). The van der Waals surface area contributed by atoms with Crippen LogP contribution in [0.15, 0.2) is 42.5 Å². The summed E-state index contributed by atoms with van der Waals surface area (Å²) < 4.78 is 28.6. The number of hydrogen-bond donors (Lipinski definition) is 1. The summed E-state index contributed by atoms with van der Waals surface area (Å²) in [5.74, 6) is -2.13. The predicted octanol–water partition coefficient (Wildman–Crippen LogP) is 4.02. The quantitative estimate of drug-likeness (QED) is 0.691. The smallest absolute Gasteiger partial charge is 0.276 e. The summed E-state index contributed by atoms with van der Waals surface area (Å²) in [4.78, 5) is 26.6. The lowest BCUT2D eigenvalue weighted by Gasteiger charge is -2.16. The molecule has 0 spiro atoms. The maximum atomic E-state index is 13.7. The van der Waals surface area contributed by atoms with Gasteiger partial charge in [0.15, 0.2) is 17.3 Å². The van der Waals surface area contributed by atoms with Crippen LogP contribution >= 0.6 is 0 Å². The molecule has 1 saturated heterocycles. The first-order chi connectivity index (χ1) is 15.0. The number of carbonyl (C=O) groups is 2. The highest BCUT2D eigenvalue weighted by Crippen LogP contribution is 2.29. The van der Waals surface area contributed by atoms with Crippen LogP contribution in [0, 0.1) is 11.6 Å². The summed E-state index contributed by atoms with van der Waals surface area (Å²) in [6, 6.07) is 10.7. The molecular weight excluding hydrogens is 402 g/mol. The molecule has 1 N–H and O–H groups in total. The normalized spacial score (nSPS) is 15.4. The van der Waals surface area contributed by atoms with E-state index in [1.54, 1.807) is 17.0 Å². The van der Waals surface area contributed by atoms with E-state index in [1.807, 2.05) is 12.1 Å². The fraction of sp³-hybridized carbons (Fsp3) is 0.261. The lowest BCUT2D eigenvalue weighted by atomic mass is 10.2. The van der Waals surface area contributed by atoms with E-state index in [0.717, 1.165) is 41.9 Å². The van der Waals surface area contributed by atoms with Gasteiger partial charge in [0.2, 0.25) is 5.91 Å². The molecule has 0 bridgehead atoms. The van der Waals surface area contributed by atoms with Gasteiger partial charge in [-0.2, -0.15) is 5.10 Å². The zero-order chi connectivity index (χ0) is 21.5. The van der Waals surface area contributed by atoms with Crippen LogP contribution in [0.1, 0.15) is 41.0 Å². The van der Waals surface area contributed by atoms with Gasteiger partial charge in [0.05, 0.1) is 5.69 Å². The third-order valence-electron chi connectivity index (χ3n) is 5.80. The second kappa shape index (κ2) is 7.61. The van der Waals surface area contributed by atoms with Crippen LogP contribution in [0.2, 0.25) is 0 Å². The van der Waals surface area contributed by atoms with Crippen molar-refractivity contribution in [1.29, 1.82) is 0 Å². The predicted molar refractivity (Wildman–Crippen MR) is 111 cm³/mol. The zero-order valence-corrected chi connectivity index (χ0v) is 16.7. The van der Waals surface area contributed by atoms with Crippen LogP contribution < -0.4 is 10.2 Å². The molecule has 1 aromatic heterocycles. The fourth-order valence-electron chi connectivity index (χ4n) is 4.29. The van der Waals surface area contributed by atoms with Crippen molar-refractivity contribution in [3.05, 3.63) is 71.1 Å². The minimum Gasteiger partial charge on any atom is -0.321 e. The Kier molecular flexibility index (Phi) is 4.77. The highest BCUT2D eigenvalue weighted by molar-refractivity contribution is 6.04. The molecule has 0 radical (unpaired) electrons. The molecule has 5 rings (SSSR count). The second-order valence-corrected chi connectivity index (χ2v) is 7.79. The molecule has 1 aliphatic heterocycles. The van der Waals surface area contributed by atoms with Crippen molar-refractivity contribution in [3.63, 3.8) is 0 Å². The minimum atomic E-state index is -0.956. The van der Waals surface area contributed by atoms with E-state index in [1.165, 1.54) is 10.7 Å². The lowest BCUT2D eigenvalue weighted by Crippen LogP contribution is -2.23. The molecule has 2 heterocycles. The Morgan fingerprint density at radius 1 is 0.935 bits per heavy atom. The largest absolute Gasteiger partial charge is 0.321 e. The first-order valence-electron chi connectivity index (χ1n) is 10.3.